The van der Waals surface area contributed by atoms with Crippen molar-refractivity contribution in [3.05, 3.63) is 0 Å². The minimum atomic E-state index is -4.21. The minimum absolute atomic E-state index is 0.0137. The molecule has 12 heavy (non-hydrogen) atoms. The van der Waals surface area contributed by atoms with Crippen LogP contribution in [-0.4, -0.2) is 23.5 Å². The minimum Gasteiger partial charge on any atom is -0.340 e. The predicted molar refractivity (Wildman–Crippen MR) is 33.0 cm³/mol. The molecular formula is C5H7F3N2O2. The van der Waals surface area contributed by atoms with E-state index in [2.05, 4.69) is 15.3 Å². The quantitative estimate of drug-likeness (QED) is 0.658. The summed E-state index contributed by atoms with van der Waals surface area (Å²) in [5.41, 5.74) is 0. The van der Waals surface area contributed by atoms with Crippen LogP contribution in [0.3, 0.4) is 0 Å². The van der Waals surface area contributed by atoms with E-state index in [1.165, 1.54) is 0 Å². The normalized spacial score (nSPS) is 23.0. The molecule has 1 aliphatic rings. The van der Waals surface area contributed by atoms with Crippen molar-refractivity contribution in [2.75, 3.05) is 0 Å². The number of oxime groups is 1. The van der Waals surface area contributed by atoms with Crippen LogP contribution in [0.15, 0.2) is 5.16 Å². The highest BCUT2D eigenvalue weighted by Gasteiger charge is 2.29. The van der Waals surface area contributed by atoms with Crippen LogP contribution in [0, 0.1) is 0 Å². The van der Waals surface area contributed by atoms with E-state index in [1.807, 2.05) is 0 Å². The van der Waals surface area contributed by atoms with Crippen molar-refractivity contribution in [1.82, 2.24) is 5.32 Å². The molecule has 0 amide bonds. The Morgan fingerprint density at radius 3 is 2.67 bits per heavy atom. The van der Waals surface area contributed by atoms with Gasteiger partial charge in [-0.25, -0.2) is 0 Å². The number of aliphatic hydroxyl groups is 1. The van der Waals surface area contributed by atoms with Crippen molar-refractivity contribution in [3.8, 4) is 0 Å². The zero-order valence-corrected chi connectivity index (χ0v) is 5.93. The van der Waals surface area contributed by atoms with Crippen LogP contribution in [0.1, 0.15) is 12.8 Å². The molecule has 0 aliphatic carbocycles. The number of amidine groups is 1. The summed E-state index contributed by atoms with van der Waals surface area (Å²) in [6, 6.07) is 0. The lowest BCUT2D eigenvalue weighted by molar-refractivity contribution is -0.132. The molecule has 1 unspecified atom stereocenters. The first-order valence-corrected chi connectivity index (χ1v) is 3.21. The summed E-state index contributed by atoms with van der Waals surface area (Å²) >= 11 is 0. The molecule has 0 fully saturated rings. The molecule has 0 spiro atoms. The molecule has 1 heterocycles. The summed E-state index contributed by atoms with van der Waals surface area (Å²) in [6.45, 7) is 0. The lowest BCUT2D eigenvalue weighted by Crippen LogP contribution is -2.29. The second-order valence-corrected chi connectivity index (χ2v) is 2.26. The maximum absolute atomic E-state index is 11.6. The average molecular weight is 184 g/mol. The highest BCUT2D eigenvalue weighted by atomic mass is 19.4. The molecule has 0 saturated heterocycles. The van der Waals surface area contributed by atoms with E-state index in [1.54, 1.807) is 0 Å². The van der Waals surface area contributed by atoms with Crippen LogP contribution in [0.25, 0.3) is 0 Å². The van der Waals surface area contributed by atoms with Crippen LogP contribution in [0.2, 0.25) is 0 Å². The maximum atomic E-state index is 11.6. The Hall–Kier alpha value is -0.980. The maximum Gasteiger partial charge on any atom is 0.389 e. The Bertz CT molecular complexity index is 192. The van der Waals surface area contributed by atoms with Gasteiger partial charge in [-0.15, -0.1) is 0 Å². The first-order chi connectivity index (χ1) is 5.47. The Morgan fingerprint density at radius 2 is 2.25 bits per heavy atom. The lowest BCUT2D eigenvalue weighted by atomic mass is 10.3. The standard InChI is InChI=1S/C5H7F3N2O2/c6-5(7,8)2-1-3-9-4(11)12-10-3/h4,11H,1-2H2,(H,9,10). The summed E-state index contributed by atoms with van der Waals surface area (Å²) in [5, 5.41) is 14.0. The summed E-state index contributed by atoms with van der Waals surface area (Å²) in [7, 11) is 0. The van der Waals surface area contributed by atoms with Gasteiger partial charge >= 0.3 is 12.6 Å². The first-order valence-electron chi connectivity index (χ1n) is 3.21. The third-order valence-corrected chi connectivity index (χ3v) is 1.20. The van der Waals surface area contributed by atoms with Crippen LogP contribution in [0.5, 0.6) is 0 Å². The summed E-state index contributed by atoms with van der Waals surface area (Å²) < 4.78 is 34.9. The van der Waals surface area contributed by atoms with Crippen LogP contribution in [-0.2, 0) is 4.84 Å². The van der Waals surface area contributed by atoms with Gasteiger partial charge in [0.05, 0.1) is 6.42 Å². The zero-order chi connectivity index (χ0) is 9.19. The van der Waals surface area contributed by atoms with Gasteiger partial charge in [0.2, 0.25) is 0 Å². The fraction of sp³-hybridized carbons (Fsp3) is 0.800. The number of nitrogens with one attached hydrogen (secondary N) is 1. The van der Waals surface area contributed by atoms with Crippen LogP contribution >= 0.6 is 0 Å². The predicted octanol–water partition coefficient (Wildman–Crippen LogP) is 0.538. The van der Waals surface area contributed by atoms with E-state index in [4.69, 9.17) is 5.11 Å². The lowest BCUT2D eigenvalue weighted by Gasteiger charge is -2.05. The Labute approximate surface area is 66.0 Å². The second-order valence-electron chi connectivity index (χ2n) is 2.26. The van der Waals surface area contributed by atoms with Crippen molar-refractivity contribution < 1.29 is 23.1 Å². The van der Waals surface area contributed by atoms with E-state index in [9.17, 15) is 13.2 Å². The van der Waals surface area contributed by atoms with Crippen molar-refractivity contribution in [2.45, 2.75) is 25.4 Å². The summed E-state index contributed by atoms with van der Waals surface area (Å²) in [5.74, 6) is 0.0137. The Balaban J connectivity index is 2.25. The van der Waals surface area contributed by atoms with Gasteiger partial charge in [0.15, 0.2) is 0 Å². The monoisotopic (exact) mass is 184 g/mol. The third kappa shape index (κ3) is 2.95. The highest BCUT2D eigenvalue weighted by Crippen LogP contribution is 2.21. The van der Waals surface area contributed by atoms with Gasteiger partial charge in [-0.3, -0.25) is 0 Å². The average Bonchev–Trinajstić information content (AvgIpc) is 2.30. The molecule has 1 rings (SSSR count). The fourth-order valence-electron chi connectivity index (χ4n) is 0.687. The van der Waals surface area contributed by atoms with Gasteiger partial charge in [0, 0.05) is 6.42 Å². The molecule has 2 N–H and O–H groups in total. The molecule has 0 aromatic heterocycles. The second kappa shape index (κ2) is 3.18. The van der Waals surface area contributed by atoms with Gasteiger partial charge < -0.3 is 15.3 Å². The number of nitrogens with zero attached hydrogens (tertiary/aromatic N) is 1. The number of hydrogen-bond acceptors (Lipinski definition) is 4. The molecular weight excluding hydrogens is 177 g/mol. The molecule has 7 heteroatoms. The number of halogens is 3. The highest BCUT2D eigenvalue weighted by molar-refractivity contribution is 5.82. The van der Waals surface area contributed by atoms with Gasteiger partial charge in [-0.2, -0.15) is 13.2 Å². The Morgan fingerprint density at radius 1 is 1.58 bits per heavy atom. The SMILES string of the molecule is OC1NC(CCC(F)(F)F)=NO1. The van der Waals surface area contributed by atoms with E-state index >= 15 is 0 Å². The van der Waals surface area contributed by atoms with Gasteiger partial charge in [0.1, 0.15) is 5.84 Å². The van der Waals surface area contributed by atoms with E-state index in [0.29, 0.717) is 0 Å². The molecule has 4 nitrogen and oxygen atoms in total. The van der Waals surface area contributed by atoms with Crippen LogP contribution < -0.4 is 5.32 Å². The first kappa shape index (κ1) is 9.11. The van der Waals surface area contributed by atoms with Crippen molar-refractivity contribution in [3.63, 3.8) is 0 Å². The smallest absolute Gasteiger partial charge is 0.340 e. The molecule has 0 radical (unpaired) electrons. The van der Waals surface area contributed by atoms with Gasteiger partial charge in [0.25, 0.3) is 0 Å². The molecule has 1 aliphatic heterocycles. The van der Waals surface area contributed by atoms with E-state index < -0.39 is 19.0 Å². The van der Waals surface area contributed by atoms with Crippen molar-refractivity contribution in [1.29, 1.82) is 0 Å². The zero-order valence-electron chi connectivity index (χ0n) is 5.93. The topological polar surface area (TPSA) is 53.8 Å². The fourth-order valence-corrected chi connectivity index (χ4v) is 0.687. The number of rotatable bonds is 2. The van der Waals surface area contributed by atoms with Gasteiger partial charge in [-0.05, 0) is 0 Å². The number of alkyl halides is 3. The van der Waals surface area contributed by atoms with Crippen LogP contribution in [0.4, 0.5) is 13.2 Å². The van der Waals surface area contributed by atoms with E-state index in [-0.39, 0.29) is 12.3 Å². The molecule has 0 saturated carbocycles. The Kier molecular flexibility index (Phi) is 2.41. The van der Waals surface area contributed by atoms with E-state index in [0.717, 1.165) is 0 Å². The van der Waals surface area contributed by atoms with Crippen molar-refractivity contribution in [2.24, 2.45) is 5.16 Å². The number of hydrogen-bond donors (Lipinski definition) is 2. The molecule has 0 aromatic rings. The summed E-state index contributed by atoms with van der Waals surface area (Å²) in [6.07, 6.45) is -6.80. The summed E-state index contributed by atoms with van der Waals surface area (Å²) in [4.78, 5) is 4.20. The molecule has 0 bridgehead atoms. The largest absolute Gasteiger partial charge is 0.389 e. The number of aliphatic hydroxyl groups excluding tert-OH is 1. The van der Waals surface area contributed by atoms with Crippen molar-refractivity contribution >= 4 is 5.84 Å². The third-order valence-electron chi connectivity index (χ3n) is 1.20. The molecule has 1 atom stereocenters. The molecule has 70 valence electrons. The van der Waals surface area contributed by atoms with Gasteiger partial charge in [-0.1, -0.05) is 5.16 Å². The molecule has 0 aromatic carbocycles.